The van der Waals surface area contributed by atoms with E-state index in [2.05, 4.69) is 16.4 Å². The molecular weight excluding hydrogens is 501 g/mol. The zero-order chi connectivity index (χ0) is 27.4. The maximum Gasteiger partial charge on any atom is 0.490 e. The Bertz CT molecular complexity index is 1200. The van der Waals surface area contributed by atoms with Gasteiger partial charge in [-0.1, -0.05) is 32.0 Å². The van der Waals surface area contributed by atoms with Crippen molar-refractivity contribution in [2.75, 3.05) is 20.2 Å². The number of likely N-dealkylation sites (N-methyl/N-ethyl adjacent to an activating group) is 1. The van der Waals surface area contributed by atoms with Crippen molar-refractivity contribution >= 4 is 22.8 Å². The van der Waals surface area contributed by atoms with Crippen LogP contribution in [0.1, 0.15) is 25.1 Å². The molecule has 2 aromatic rings. The van der Waals surface area contributed by atoms with Gasteiger partial charge in [-0.3, -0.25) is 0 Å². The number of carbonyl (C=O) groups excluding carboxylic acids is 1. The first-order chi connectivity index (χ1) is 17.2. The first-order valence-corrected chi connectivity index (χ1v) is 11.7. The summed E-state index contributed by atoms with van der Waals surface area (Å²) in [5, 5.41) is 33.3. The topological polar surface area (TPSA) is 150 Å². The predicted octanol–water partition coefficient (Wildman–Crippen LogP) is 1.27. The number of carboxylic acid groups (broad SMARTS) is 1. The molecule has 3 saturated heterocycles. The molecule has 10 nitrogen and oxygen atoms in total. The fraction of sp³-hybridized carbons (Fsp3) is 0.583. The van der Waals surface area contributed by atoms with Crippen molar-refractivity contribution in [1.29, 1.82) is 0 Å². The molecule has 3 aliphatic rings. The summed E-state index contributed by atoms with van der Waals surface area (Å²) in [6.45, 7) is 4.35. The van der Waals surface area contributed by atoms with Crippen LogP contribution in [0.3, 0.4) is 0 Å². The number of aliphatic hydroxyl groups is 2. The average molecular weight is 530 g/mol. The van der Waals surface area contributed by atoms with Crippen molar-refractivity contribution in [1.82, 2.24) is 10.3 Å². The molecule has 3 fully saturated rings. The molecular formula is C24H29F3N2O8. The molecule has 37 heavy (non-hydrogen) atoms. The Labute approximate surface area is 209 Å². The smallest absolute Gasteiger partial charge is 0.475 e. The van der Waals surface area contributed by atoms with Crippen LogP contribution in [0.4, 0.5) is 13.2 Å². The Morgan fingerprint density at radius 2 is 1.92 bits per heavy atom. The van der Waals surface area contributed by atoms with Gasteiger partial charge in [0.25, 0.3) is 5.79 Å². The zero-order valence-corrected chi connectivity index (χ0v) is 20.4. The quantitative estimate of drug-likeness (QED) is 0.360. The van der Waals surface area contributed by atoms with Gasteiger partial charge >= 0.3 is 18.1 Å². The summed E-state index contributed by atoms with van der Waals surface area (Å²) in [7, 11) is 1.92. The van der Waals surface area contributed by atoms with E-state index >= 15 is 0 Å². The number of H-pyrrole nitrogens is 1. The third-order valence-electron chi connectivity index (χ3n) is 7.44. The molecule has 0 amide bonds. The Morgan fingerprint density at radius 3 is 2.54 bits per heavy atom. The molecule has 1 aromatic heterocycles. The molecule has 204 valence electrons. The van der Waals surface area contributed by atoms with Crippen molar-refractivity contribution in [2.45, 2.75) is 62.6 Å². The van der Waals surface area contributed by atoms with E-state index < -0.39 is 53.2 Å². The van der Waals surface area contributed by atoms with E-state index in [-0.39, 0.29) is 6.61 Å². The lowest BCUT2D eigenvalue weighted by atomic mass is 9.68. The number of rotatable bonds is 5. The first-order valence-electron chi connectivity index (χ1n) is 11.7. The molecule has 4 heterocycles. The molecule has 5 N–H and O–H groups in total. The van der Waals surface area contributed by atoms with Gasteiger partial charge in [0.1, 0.15) is 6.10 Å². The van der Waals surface area contributed by atoms with Crippen LogP contribution in [0.2, 0.25) is 0 Å². The van der Waals surface area contributed by atoms with Crippen LogP contribution in [0, 0.1) is 5.41 Å². The number of esters is 1. The van der Waals surface area contributed by atoms with Crippen molar-refractivity contribution in [3.8, 4) is 0 Å². The fourth-order valence-corrected chi connectivity index (χ4v) is 5.38. The van der Waals surface area contributed by atoms with Gasteiger partial charge in [0, 0.05) is 28.4 Å². The van der Waals surface area contributed by atoms with Crippen LogP contribution in [0.5, 0.6) is 0 Å². The minimum absolute atomic E-state index is 0.0527. The largest absolute Gasteiger partial charge is 0.490 e. The Kier molecular flexibility index (Phi) is 6.82. The van der Waals surface area contributed by atoms with E-state index in [0.717, 1.165) is 29.6 Å². The molecule has 3 aliphatic heterocycles. The third kappa shape index (κ3) is 4.09. The number of aromatic amines is 1. The van der Waals surface area contributed by atoms with Crippen LogP contribution in [-0.4, -0.2) is 88.3 Å². The van der Waals surface area contributed by atoms with Gasteiger partial charge in [-0.05, 0) is 31.6 Å². The first kappa shape index (κ1) is 27.3. The van der Waals surface area contributed by atoms with Crippen molar-refractivity contribution < 1.29 is 52.3 Å². The standard InChI is InChI=1S/C22H28N2O6.C2HF3O2/c1-20(2)17(30-22-18(16(25)11-28-22)29-19(26)21(20,22)27)10-15-13(8-9-23-3)12-6-4-5-7-14(12)24-15;3-2(4,5)1(6)7/h4-7,16-18,23-25,27H,8-11H2,1-3H3;(H,6,7)/t16-,17-,18+,21-,22+;/m0./s1. The predicted molar refractivity (Wildman–Crippen MR) is 121 cm³/mol. The summed E-state index contributed by atoms with van der Waals surface area (Å²) in [6, 6.07) is 8.12. The Hall–Kier alpha value is -2.71. The lowest BCUT2D eigenvalue weighted by molar-refractivity contribution is -0.260. The number of aliphatic hydroxyl groups excluding tert-OH is 1. The molecule has 0 unspecified atom stereocenters. The third-order valence-corrected chi connectivity index (χ3v) is 7.44. The summed E-state index contributed by atoms with van der Waals surface area (Å²) in [4.78, 5) is 25.1. The summed E-state index contributed by atoms with van der Waals surface area (Å²) < 4.78 is 49.1. The lowest BCUT2D eigenvalue weighted by Gasteiger charge is -2.35. The number of alkyl halides is 3. The second-order valence-corrected chi connectivity index (χ2v) is 9.90. The molecule has 0 aliphatic carbocycles. The van der Waals surface area contributed by atoms with Crippen LogP contribution < -0.4 is 5.32 Å². The van der Waals surface area contributed by atoms with Crippen molar-refractivity contribution in [2.24, 2.45) is 5.41 Å². The fourth-order valence-electron chi connectivity index (χ4n) is 5.38. The number of para-hydroxylation sites is 1. The van der Waals surface area contributed by atoms with E-state index in [1.54, 1.807) is 13.8 Å². The van der Waals surface area contributed by atoms with E-state index in [1.807, 2.05) is 25.2 Å². The average Bonchev–Trinajstić information content (AvgIpc) is 3.45. The molecule has 0 saturated carbocycles. The van der Waals surface area contributed by atoms with Crippen LogP contribution in [-0.2, 0) is 36.6 Å². The highest BCUT2D eigenvalue weighted by Gasteiger charge is 2.84. The normalized spacial score (nSPS) is 32.0. The maximum atomic E-state index is 12.7. The number of carbonyl (C=O) groups is 2. The second-order valence-electron chi connectivity index (χ2n) is 9.90. The molecule has 13 heteroatoms. The molecule has 0 bridgehead atoms. The van der Waals surface area contributed by atoms with Crippen molar-refractivity contribution in [3.05, 3.63) is 35.5 Å². The number of hydrogen-bond acceptors (Lipinski definition) is 8. The number of aromatic nitrogens is 1. The van der Waals surface area contributed by atoms with Gasteiger partial charge in [0.15, 0.2) is 6.10 Å². The van der Waals surface area contributed by atoms with Gasteiger partial charge in [-0.15, -0.1) is 0 Å². The van der Waals surface area contributed by atoms with Gasteiger partial charge in [-0.25, -0.2) is 9.59 Å². The minimum Gasteiger partial charge on any atom is -0.475 e. The minimum atomic E-state index is -5.08. The monoisotopic (exact) mass is 530 g/mol. The molecule has 1 aromatic carbocycles. The molecule has 0 radical (unpaired) electrons. The van der Waals surface area contributed by atoms with Crippen LogP contribution in [0.25, 0.3) is 10.9 Å². The van der Waals surface area contributed by atoms with Gasteiger partial charge in [0.2, 0.25) is 5.60 Å². The highest BCUT2D eigenvalue weighted by Crippen LogP contribution is 2.61. The number of ether oxygens (including phenoxy) is 3. The maximum absolute atomic E-state index is 12.7. The number of carboxylic acids is 1. The lowest BCUT2D eigenvalue weighted by Crippen LogP contribution is -2.60. The van der Waals surface area contributed by atoms with Crippen LogP contribution >= 0.6 is 0 Å². The SMILES string of the molecule is CNCCc1c(C[C@@H]2O[C@]34OC[C@H](O)[C@H]3OC(=O)[C@]4(O)C2(C)C)[nH]c2ccccc12.O=C(O)C(F)(F)F. The van der Waals surface area contributed by atoms with Crippen molar-refractivity contribution in [3.63, 3.8) is 0 Å². The number of fused-ring (bicyclic) bond motifs is 1. The Balaban J connectivity index is 0.000000405. The van der Waals surface area contributed by atoms with E-state index in [1.165, 1.54) is 5.56 Å². The highest BCUT2D eigenvalue weighted by molar-refractivity contribution is 5.86. The second kappa shape index (κ2) is 9.24. The summed E-state index contributed by atoms with van der Waals surface area (Å²) in [6.07, 6.45) is -6.38. The van der Waals surface area contributed by atoms with Gasteiger partial charge in [-0.2, -0.15) is 13.2 Å². The number of benzene rings is 1. The van der Waals surface area contributed by atoms with E-state index in [0.29, 0.717) is 6.42 Å². The zero-order valence-electron chi connectivity index (χ0n) is 20.4. The number of hydrogen-bond donors (Lipinski definition) is 5. The summed E-state index contributed by atoms with van der Waals surface area (Å²) >= 11 is 0. The van der Waals surface area contributed by atoms with Gasteiger partial charge in [0.05, 0.1) is 12.7 Å². The molecule has 5 rings (SSSR count). The number of aliphatic carboxylic acids is 1. The summed E-state index contributed by atoms with van der Waals surface area (Å²) in [5.74, 6) is -5.24. The van der Waals surface area contributed by atoms with E-state index in [9.17, 15) is 28.2 Å². The highest BCUT2D eigenvalue weighted by atomic mass is 19.4. The molecule has 1 spiro atoms. The number of nitrogens with one attached hydrogen (secondary N) is 2. The molecule has 5 atom stereocenters. The van der Waals surface area contributed by atoms with Crippen LogP contribution in [0.15, 0.2) is 24.3 Å². The van der Waals surface area contributed by atoms with Gasteiger partial charge < -0.3 is 39.8 Å². The van der Waals surface area contributed by atoms with E-state index in [4.69, 9.17) is 24.1 Å². The number of halogens is 3. The Morgan fingerprint density at radius 1 is 1.27 bits per heavy atom. The summed E-state index contributed by atoms with van der Waals surface area (Å²) in [5.41, 5.74) is 0.237.